The van der Waals surface area contributed by atoms with Crippen molar-refractivity contribution in [2.24, 2.45) is 0 Å². The molecule has 1 unspecified atom stereocenters. The highest BCUT2D eigenvalue weighted by Gasteiger charge is 2.34. The molecule has 4 heteroatoms. The van der Waals surface area contributed by atoms with E-state index in [0.29, 0.717) is 6.42 Å². The van der Waals surface area contributed by atoms with Crippen LogP contribution in [-0.4, -0.2) is 46.3 Å². The van der Waals surface area contributed by atoms with Gasteiger partial charge < -0.3 is 20.1 Å². The van der Waals surface area contributed by atoms with Crippen LogP contribution in [0.15, 0.2) is 0 Å². The van der Waals surface area contributed by atoms with E-state index in [4.69, 9.17) is 9.84 Å². The van der Waals surface area contributed by atoms with E-state index in [9.17, 15) is 10.2 Å². The van der Waals surface area contributed by atoms with Crippen molar-refractivity contribution in [1.82, 2.24) is 0 Å². The molecule has 1 fully saturated rings. The first-order chi connectivity index (χ1) is 6.15. The van der Waals surface area contributed by atoms with E-state index in [2.05, 4.69) is 0 Å². The van der Waals surface area contributed by atoms with Crippen LogP contribution in [0.2, 0.25) is 0 Å². The van der Waals surface area contributed by atoms with Crippen LogP contribution in [-0.2, 0) is 4.74 Å². The van der Waals surface area contributed by atoms with Crippen LogP contribution in [0.4, 0.5) is 0 Å². The molecule has 1 heterocycles. The zero-order valence-electron chi connectivity index (χ0n) is 8.47. The molecule has 4 atom stereocenters. The number of hydrogen-bond acceptors (Lipinski definition) is 4. The van der Waals surface area contributed by atoms with E-state index in [1.54, 1.807) is 6.92 Å². The Morgan fingerprint density at radius 1 is 1.31 bits per heavy atom. The van der Waals surface area contributed by atoms with Gasteiger partial charge in [0.2, 0.25) is 0 Å². The average Bonchev–Trinajstić information content (AvgIpc) is 2.14. The summed E-state index contributed by atoms with van der Waals surface area (Å²) in [6.07, 6.45) is -2.01. The standard InChI is InChI=1S/C7H14O4.C2H6/c1-4-2-5(9)7(10)6(3-8)11-4;1-2/h4-10H,2-3H2,1H3;1-2H3/t4?,5-,6-,7+;/m1./s1. The Balaban J connectivity index is 0.000000671. The zero-order valence-corrected chi connectivity index (χ0v) is 8.47. The predicted octanol–water partition coefficient (Wildman–Crippen LogP) is -0.0959. The molecule has 0 aromatic carbocycles. The predicted molar refractivity (Wildman–Crippen MR) is 49.4 cm³/mol. The van der Waals surface area contributed by atoms with Gasteiger partial charge in [-0.05, 0) is 6.92 Å². The van der Waals surface area contributed by atoms with Crippen molar-refractivity contribution >= 4 is 0 Å². The lowest BCUT2D eigenvalue weighted by molar-refractivity contribution is -0.174. The molecule has 0 aliphatic carbocycles. The summed E-state index contributed by atoms with van der Waals surface area (Å²) in [5.41, 5.74) is 0. The fourth-order valence-electron chi connectivity index (χ4n) is 1.31. The number of rotatable bonds is 1. The van der Waals surface area contributed by atoms with Crippen molar-refractivity contribution in [3.05, 3.63) is 0 Å². The Hall–Kier alpha value is -0.160. The van der Waals surface area contributed by atoms with Gasteiger partial charge in [-0.1, -0.05) is 13.8 Å². The Labute approximate surface area is 79.2 Å². The molecule has 4 nitrogen and oxygen atoms in total. The minimum Gasteiger partial charge on any atom is -0.394 e. The molecule has 0 saturated carbocycles. The van der Waals surface area contributed by atoms with Crippen LogP contribution >= 0.6 is 0 Å². The number of aliphatic hydroxyl groups is 3. The van der Waals surface area contributed by atoms with Crippen molar-refractivity contribution in [3.63, 3.8) is 0 Å². The smallest absolute Gasteiger partial charge is 0.109 e. The lowest BCUT2D eigenvalue weighted by Gasteiger charge is -2.34. The maximum Gasteiger partial charge on any atom is 0.109 e. The molecule has 1 rings (SSSR count). The molecule has 0 spiro atoms. The van der Waals surface area contributed by atoms with Gasteiger partial charge in [0.05, 0.1) is 18.8 Å². The molecule has 1 aliphatic heterocycles. The second kappa shape index (κ2) is 6.32. The third-order valence-electron chi connectivity index (χ3n) is 1.94. The quantitative estimate of drug-likeness (QED) is 0.543. The molecule has 0 amide bonds. The van der Waals surface area contributed by atoms with E-state index in [0.717, 1.165) is 0 Å². The van der Waals surface area contributed by atoms with Gasteiger partial charge in [-0.2, -0.15) is 0 Å². The van der Waals surface area contributed by atoms with Crippen LogP contribution in [0, 0.1) is 0 Å². The third-order valence-corrected chi connectivity index (χ3v) is 1.94. The largest absolute Gasteiger partial charge is 0.394 e. The summed E-state index contributed by atoms with van der Waals surface area (Å²) in [4.78, 5) is 0. The first-order valence-electron chi connectivity index (χ1n) is 4.77. The van der Waals surface area contributed by atoms with Gasteiger partial charge in [-0.15, -0.1) is 0 Å². The second-order valence-corrected chi connectivity index (χ2v) is 2.96. The maximum absolute atomic E-state index is 9.22. The van der Waals surface area contributed by atoms with Crippen molar-refractivity contribution in [1.29, 1.82) is 0 Å². The van der Waals surface area contributed by atoms with Gasteiger partial charge in [0.25, 0.3) is 0 Å². The highest BCUT2D eigenvalue weighted by atomic mass is 16.5. The first kappa shape index (κ1) is 12.8. The minimum absolute atomic E-state index is 0.0921. The Kier molecular flexibility index (Phi) is 6.24. The SMILES string of the molecule is CC.CC1C[C@@H](O)[C@H](O)[C@@H](CO)O1. The normalized spacial score (nSPS) is 39.2. The van der Waals surface area contributed by atoms with E-state index in [1.807, 2.05) is 13.8 Å². The van der Waals surface area contributed by atoms with Gasteiger partial charge in [0.15, 0.2) is 0 Å². The van der Waals surface area contributed by atoms with Gasteiger partial charge in [0.1, 0.15) is 12.2 Å². The molecular weight excluding hydrogens is 172 g/mol. The van der Waals surface area contributed by atoms with Crippen LogP contribution in [0.3, 0.4) is 0 Å². The van der Waals surface area contributed by atoms with E-state index >= 15 is 0 Å². The van der Waals surface area contributed by atoms with Crippen LogP contribution in [0.5, 0.6) is 0 Å². The van der Waals surface area contributed by atoms with E-state index in [-0.39, 0.29) is 12.7 Å². The molecule has 0 aromatic rings. The third kappa shape index (κ3) is 3.60. The highest BCUT2D eigenvalue weighted by Crippen LogP contribution is 2.19. The summed E-state index contributed by atoms with van der Waals surface area (Å²) in [5, 5.41) is 27.1. The fraction of sp³-hybridized carbons (Fsp3) is 1.00. The fourth-order valence-corrected chi connectivity index (χ4v) is 1.31. The van der Waals surface area contributed by atoms with Gasteiger partial charge in [-0.25, -0.2) is 0 Å². The van der Waals surface area contributed by atoms with Crippen LogP contribution in [0.25, 0.3) is 0 Å². The van der Waals surface area contributed by atoms with Gasteiger partial charge >= 0.3 is 0 Å². The first-order valence-corrected chi connectivity index (χ1v) is 4.77. The van der Waals surface area contributed by atoms with Crippen molar-refractivity contribution < 1.29 is 20.1 Å². The maximum atomic E-state index is 9.22. The highest BCUT2D eigenvalue weighted by molar-refractivity contribution is 4.83. The zero-order chi connectivity index (χ0) is 10.4. The Bertz CT molecular complexity index is 129. The second-order valence-electron chi connectivity index (χ2n) is 2.96. The molecule has 13 heavy (non-hydrogen) atoms. The average molecular weight is 192 g/mol. The number of ether oxygens (including phenoxy) is 1. The summed E-state index contributed by atoms with van der Waals surface area (Å²) in [7, 11) is 0. The Morgan fingerprint density at radius 3 is 2.31 bits per heavy atom. The number of aliphatic hydroxyl groups excluding tert-OH is 3. The topological polar surface area (TPSA) is 69.9 Å². The molecule has 0 aromatic heterocycles. The van der Waals surface area contributed by atoms with Crippen LogP contribution < -0.4 is 0 Å². The summed E-state index contributed by atoms with van der Waals surface area (Å²) >= 11 is 0. The summed E-state index contributed by atoms with van der Waals surface area (Å²) in [5.74, 6) is 0. The summed E-state index contributed by atoms with van der Waals surface area (Å²) in [6, 6.07) is 0. The minimum atomic E-state index is -0.948. The van der Waals surface area contributed by atoms with Gasteiger partial charge in [-0.3, -0.25) is 0 Å². The van der Waals surface area contributed by atoms with Crippen molar-refractivity contribution in [3.8, 4) is 0 Å². The van der Waals surface area contributed by atoms with Gasteiger partial charge in [0, 0.05) is 6.42 Å². The molecule has 80 valence electrons. The van der Waals surface area contributed by atoms with E-state index < -0.39 is 18.3 Å². The number of hydrogen-bond donors (Lipinski definition) is 3. The summed E-state index contributed by atoms with van der Waals surface area (Å²) in [6.45, 7) is 5.56. The Morgan fingerprint density at radius 2 is 1.85 bits per heavy atom. The lowest BCUT2D eigenvalue weighted by atomic mass is 9.99. The molecular formula is C9H20O4. The monoisotopic (exact) mass is 192 g/mol. The molecule has 0 bridgehead atoms. The molecule has 3 N–H and O–H groups in total. The van der Waals surface area contributed by atoms with Crippen molar-refractivity contribution in [2.45, 2.75) is 51.6 Å². The molecule has 1 aliphatic rings. The van der Waals surface area contributed by atoms with Crippen LogP contribution in [0.1, 0.15) is 27.2 Å². The lowest BCUT2D eigenvalue weighted by Crippen LogP contribution is -2.49. The molecule has 0 radical (unpaired) electrons. The molecule has 1 saturated heterocycles. The summed E-state index contributed by atoms with van der Waals surface area (Å²) < 4.78 is 5.16. The van der Waals surface area contributed by atoms with Crippen molar-refractivity contribution in [2.75, 3.05) is 6.61 Å². The van der Waals surface area contributed by atoms with E-state index in [1.165, 1.54) is 0 Å².